The fourth-order valence-electron chi connectivity index (χ4n) is 4.41. The van der Waals surface area contributed by atoms with Crippen molar-refractivity contribution in [1.29, 1.82) is 0 Å². The van der Waals surface area contributed by atoms with Gasteiger partial charge in [-0.1, -0.05) is 11.6 Å². The molecule has 1 aliphatic heterocycles. The summed E-state index contributed by atoms with van der Waals surface area (Å²) in [6.07, 6.45) is -1.20. The van der Waals surface area contributed by atoms with Crippen molar-refractivity contribution in [2.75, 3.05) is 32.1 Å². The first kappa shape index (κ1) is 22.1. The van der Waals surface area contributed by atoms with E-state index >= 15 is 0 Å². The highest BCUT2D eigenvalue weighted by Crippen LogP contribution is 2.30. The van der Waals surface area contributed by atoms with E-state index in [0.29, 0.717) is 17.5 Å². The number of rotatable bonds is 6. The maximum atomic E-state index is 14.1. The van der Waals surface area contributed by atoms with Gasteiger partial charge in [0.15, 0.2) is 0 Å². The van der Waals surface area contributed by atoms with Gasteiger partial charge in [-0.2, -0.15) is 4.98 Å². The Morgan fingerprint density at radius 1 is 1.16 bits per heavy atom. The lowest BCUT2D eigenvalue weighted by Crippen LogP contribution is -2.39. The van der Waals surface area contributed by atoms with E-state index in [4.69, 9.17) is 25.2 Å². The summed E-state index contributed by atoms with van der Waals surface area (Å²) < 4.78 is 75.3. The van der Waals surface area contributed by atoms with E-state index in [9.17, 15) is 22.8 Å². The molecule has 4 heterocycles. The third-order valence-electron chi connectivity index (χ3n) is 6.24. The molecule has 13 heteroatoms. The highest BCUT2D eigenvalue weighted by atomic mass is 35.5. The number of fused-ring (bicyclic) bond motifs is 1. The minimum absolute atomic E-state index is 0.000983. The molecule has 0 radical (unpaired) electrons. The zero-order valence-corrected chi connectivity index (χ0v) is 20.5. The summed E-state index contributed by atoms with van der Waals surface area (Å²) in [6.45, 7) is 0.494. The molecule has 0 N–H and O–H groups in total. The first-order chi connectivity index (χ1) is 19.4. The van der Waals surface area contributed by atoms with Crippen molar-refractivity contribution < 1.29 is 26.8 Å². The summed E-state index contributed by atoms with van der Waals surface area (Å²) in [5.41, 5.74) is -2.61. The Kier molecular flexibility index (Phi) is 5.88. The molecule has 0 saturated carbocycles. The molecule has 0 unspecified atom stereocenters. The smallest absolute Gasteiger partial charge is 0.340 e. The van der Waals surface area contributed by atoms with Crippen LogP contribution in [0.2, 0.25) is 5.02 Å². The van der Waals surface area contributed by atoms with Crippen molar-refractivity contribution in [2.24, 2.45) is 0 Å². The number of benzene rings is 1. The summed E-state index contributed by atoms with van der Waals surface area (Å²) >= 11 is 6.02. The standard InChI is InChI=1S/C25H21ClF3N5O4/c1-37-16-5-6-32(12-16)20-9-19-21(23(31-20)38-2)24(35)34(15-7-13(22(28)29)10-30-11-15)25(36)33(19)14-3-4-18(27)17(26)8-14/h3-4,7-11,16,22H,5-6,12H2,1-2H3/t16-/m1/s1/i1D3. The van der Waals surface area contributed by atoms with Crippen molar-refractivity contribution in [3.63, 3.8) is 0 Å². The monoisotopic (exact) mass is 550 g/mol. The average molecular weight is 551 g/mol. The molecule has 0 bridgehead atoms. The predicted octanol–water partition coefficient (Wildman–Crippen LogP) is 3.90. The Morgan fingerprint density at radius 2 is 1.97 bits per heavy atom. The van der Waals surface area contributed by atoms with Crippen LogP contribution in [0.4, 0.5) is 19.0 Å². The van der Waals surface area contributed by atoms with Crippen LogP contribution in [-0.2, 0) is 4.74 Å². The topological polar surface area (TPSA) is 91.5 Å². The number of pyridine rings is 2. The number of methoxy groups -OCH3 is 2. The number of hydrogen-bond acceptors (Lipinski definition) is 7. The largest absolute Gasteiger partial charge is 0.480 e. The molecule has 1 aromatic carbocycles. The van der Waals surface area contributed by atoms with E-state index < -0.39 is 42.2 Å². The fourth-order valence-corrected chi connectivity index (χ4v) is 4.58. The summed E-state index contributed by atoms with van der Waals surface area (Å²) in [4.78, 5) is 37.6. The second-order valence-electron chi connectivity index (χ2n) is 8.49. The van der Waals surface area contributed by atoms with Gasteiger partial charge in [0.2, 0.25) is 5.88 Å². The molecule has 4 aromatic rings. The molecule has 198 valence electrons. The number of ether oxygens (including phenoxy) is 2. The van der Waals surface area contributed by atoms with Gasteiger partial charge in [0.25, 0.3) is 12.0 Å². The number of aromatic nitrogens is 4. The van der Waals surface area contributed by atoms with Gasteiger partial charge in [-0.25, -0.2) is 22.5 Å². The van der Waals surface area contributed by atoms with Crippen LogP contribution in [0.25, 0.3) is 22.3 Å². The van der Waals surface area contributed by atoms with Gasteiger partial charge in [0, 0.05) is 38.0 Å². The van der Waals surface area contributed by atoms with Gasteiger partial charge in [-0.15, -0.1) is 0 Å². The first-order valence-corrected chi connectivity index (χ1v) is 11.6. The van der Waals surface area contributed by atoms with E-state index in [1.165, 1.54) is 25.3 Å². The molecule has 0 spiro atoms. The molecule has 5 rings (SSSR count). The van der Waals surface area contributed by atoms with Crippen molar-refractivity contribution in [1.82, 2.24) is 19.1 Å². The van der Waals surface area contributed by atoms with Crippen LogP contribution in [0.3, 0.4) is 0 Å². The molecule has 38 heavy (non-hydrogen) atoms. The average Bonchev–Trinajstić information content (AvgIpc) is 3.37. The summed E-state index contributed by atoms with van der Waals surface area (Å²) in [7, 11) is -1.35. The van der Waals surface area contributed by atoms with Gasteiger partial charge >= 0.3 is 5.69 Å². The van der Waals surface area contributed by atoms with Crippen LogP contribution in [0, 0.1) is 5.82 Å². The third kappa shape index (κ3) is 4.39. The number of halogens is 4. The summed E-state index contributed by atoms with van der Waals surface area (Å²) in [6, 6.07) is 5.84. The highest BCUT2D eigenvalue weighted by Gasteiger charge is 2.27. The molecule has 9 nitrogen and oxygen atoms in total. The lowest BCUT2D eigenvalue weighted by Gasteiger charge is -2.21. The molecule has 1 saturated heterocycles. The van der Waals surface area contributed by atoms with E-state index in [1.54, 1.807) is 4.90 Å². The normalized spacial score (nSPS) is 17.1. The Hall–Kier alpha value is -3.90. The molecule has 0 amide bonds. The Morgan fingerprint density at radius 3 is 2.68 bits per heavy atom. The Balaban J connectivity index is 1.79. The summed E-state index contributed by atoms with van der Waals surface area (Å²) in [5, 5.41) is -0.500. The minimum atomic E-state index is -2.92. The van der Waals surface area contributed by atoms with Crippen molar-refractivity contribution in [3.05, 3.63) is 80.0 Å². The molecule has 1 fully saturated rings. The molecular weight excluding hydrogens is 527 g/mol. The van der Waals surface area contributed by atoms with Gasteiger partial charge in [-0.05, 0) is 30.7 Å². The molecule has 3 aromatic heterocycles. The predicted molar refractivity (Wildman–Crippen MR) is 135 cm³/mol. The lowest BCUT2D eigenvalue weighted by atomic mass is 10.2. The third-order valence-corrected chi connectivity index (χ3v) is 6.53. The van der Waals surface area contributed by atoms with E-state index in [2.05, 4.69) is 9.97 Å². The molecular formula is C25H21ClF3N5O4. The van der Waals surface area contributed by atoms with Gasteiger partial charge in [-0.3, -0.25) is 14.3 Å². The van der Waals surface area contributed by atoms with E-state index in [1.807, 2.05) is 0 Å². The Labute approximate surface area is 222 Å². The van der Waals surface area contributed by atoms with E-state index in [0.717, 1.165) is 29.1 Å². The minimum Gasteiger partial charge on any atom is -0.480 e. The SMILES string of the molecule is [2H]C([2H])([2H])O[C@@H]1CCN(c2cc3c(c(OC)n2)c(=O)n(-c2cncc(C(F)F)c2)c(=O)n3-c2ccc(F)c(Cl)c2)C1. The number of alkyl halides is 2. The second kappa shape index (κ2) is 10.1. The number of nitrogens with zero attached hydrogens (tertiary/aromatic N) is 5. The molecule has 0 aliphatic carbocycles. The van der Waals surface area contributed by atoms with E-state index in [-0.39, 0.29) is 45.5 Å². The van der Waals surface area contributed by atoms with Crippen LogP contribution in [0.5, 0.6) is 5.88 Å². The van der Waals surface area contributed by atoms with Gasteiger partial charge < -0.3 is 14.4 Å². The van der Waals surface area contributed by atoms with Crippen molar-refractivity contribution in [2.45, 2.75) is 19.0 Å². The zero-order chi connectivity index (χ0) is 29.6. The Bertz CT molecular complexity index is 1770. The number of anilines is 1. The van der Waals surface area contributed by atoms with Crippen LogP contribution in [-0.4, -0.2) is 52.4 Å². The lowest BCUT2D eigenvalue weighted by molar-refractivity contribution is 0.121. The van der Waals surface area contributed by atoms with Crippen molar-refractivity contribution >= 4 is 28.3 Å². The molecule has 1 atom stereocenters. The van der Waals surface area contributed by atoms with Crippen LogP contribution >= 0.6 is 11.6 Å². The number of hydrogen-bond donors (Lipinski definition) is 0. The quantitative estimate of drug-likeness (QED) is 0.360. The first-order valence-electron chi connectivity index (χ1n) is 12.8. The fraction of sp³-hybridized carbons (Fsp3) is 0.280. The second-order valence-corrected chi connectivity index (χ2v) is 8.90. The van der Waals surface area contributed by atoms with Crippen molar-refractivity contribution in [3.8, 4) is 17.3 Å². The zero-order valence-electron chi connectivity index (χ0n) is 22.7. The molecule has 1 aliphatic rings. The maximum absolute atomic E-state index is 14.1. The summed E-state index contributed by atoms with van der Waals surface area (Å²) in [5.74, 6) is -0.713. The van der Waals surface area contributed by atoms with Gasteiger partial charge in [0.1, 0.15) is 17.0 Å². The van der Waals surface area contributed by atoms with Crippen LogP contribution < -0.4 is 20.9 Å². The van der Waals surface area contributed by atoms with Crippen LogP contribution in [0.15, 0.2) is 52.3 Å². The van der Waals surface area contributed by atoms with Crippen LogP contribution in [0.1, 0.15) is 22.5 Å². The van der Waals surface area contributed by atoms with Gasteiger partial charge in [0.05, 0.1) is 45.4 Å². The maximum Gasteiger partial charge on any atom is 0.340 e. The highest BCUT2D eigenvalue weighted by molar-refractivity contribution is 6.30.